The molecule has 0 radical (unpaired) electrons. The Kier molecular flexibility index (Phi) is 6.23. The van der Waals surface area contributed by atoms with E-state index in [1.807, 2.05) is 0 Å². The molecule has 0 saturated heterocycles. The van der Waals surface area contributed by atoms with Gasteiger partial charge in [0.15, 0.2) is 0 Å². The van der Waals surface area contributed by atoms with Crippen molar-refractivity contribution in [2.75, 3.05) is 0 Å². The van der Waals surface area contributed by atoms with Crippen LogP contribution in [0.4, 0.5) is 0 Å². The van der Waals surface area contributed by atoms with Gasteiger partial charge in [-0.2, -0.15) is 5.10 Å². The van der Waals surface area contributed by atoms with E-state index in [-0.39, 0.29) is 5.41 Å². The van der Waals surface area contributed by atoms with Gasteiger partial charge < -0.3 is 0 Å². The van der Waals surface area contributed by atoms with E-state index in [4.69, 9.17) is 0 Å². The SMILES string of the molecule is CCCCCCCC(C)(C)c1cnn(Cc2ccccc2)c1. The highest BCUT2D eigenvalue weighted by Crippen LogP contribution is 2.29. The van der Waals surface area contributed by atoms with Gasteiger partial charge in [-0.3, -0.25) is 4.68 Å². The molecule has 0 atom stereocenters. The molecule has 0 bridgehead atoms. The van der Waals surface area contributed by atoms with Crippen molar-refractivity contribution in [1.82, 2.24) is 9.78 Å². The Bertz CT molecular complexity index is 540. The third-order valence-electron chi connectivity index (χ3n) is 4.51. The first-order valence-corrected chi connectivity index (χ1v) is 8.68. The summed E-state index contributed by atoms with van der Waals surface area (Å²) in [4.78, 5) is 0. The van der Waals surface area contributed by atoms with Gasteiger partial charge in [0, 0.05) is 6.20 Å². The van der Waals surface area contributed by atoms with Gasteiger partial charge in [0.05, 0.1) is 12.7 Å². The van der Waals surface area contributed by atoms with Gasteiger partial charge in [0.2, 0.25) is 0 Å². The molecule has 0 unspecified atom stereocenters. The van der Waals surface area contributed by atoms with E-state index < -0.39 is 0 Å². The van der Waals surface area contributed by atoms with Crippen LogP contribution in [0.25, 0.3) is 0 Å². The zero-order chi connectivity index (χ0) is 15.8. The molecule has 0 aliphatic heterocycles. The molecule has 2 nitrogen and oxygen atoms in total. The van der Waals surface area contributed by atoms with Gasteiger partial charge in [-0.05, 0) is 23.0 Å². The average Bonchev–Trinajstić information content (AvgIpc) is 2.97. The fourth-order valence-corrected chi connectivity index (χ4v) is 2.88. The van der Waals surface area contributed by atoms with Crippen LogP contribution in [0.5, 0.6) is 0 Å². The van der Waals surface area contributed by atoms with Crippen LogP contribution in [0.2, 0.25) is 0 Å². The van der Waals surface area contributed by atoms with Gasteiger partial charge in [-0.1, -0.05) is 83.2 Å². The summed E-state index contributed by atoms with van der Waals surface area (Å²) in [6.45, 7) is 7.81. The zero-order valence-electron chi connectivity index (χ0n) is 14.4. The van der Waals surface area contributed by atoms with Gasteiger partial charge in [-0.25, -0.2) is 0 Å². The van der Waals surface area contributed by atoms with E-state index in [0.29, 0.717) is 0 Å². The standard InChI is InChI=1S/C20H30N2/c1-4-5-6-7-11-14-20(2,3)19-15-21-22(17-19)16-18-12-9-8-10-13-18/h8-10,12-13,15,17H,4-7,11,14,16H2,1-3H3. The monoisotopic (exact) mass is 298 g/mol. The summed E-state index contributed by atoms with van der Waals surface area (Å²) in [5.74, 6) is 0. The van der Waals surface area contributed by atoms with E-state index >= 15 is 0 Å². The van der Waals surface area contributed by atoms with Crippen molar-refractivity contribution < 1.29 is 0 Å². The van der Waals surface area contributed by atoms with E-state index in [9.17, 15) is 0 Å². The minimum Gasteiger partial charge on any atom is -0.268 e. The predicted octanol–water partition coefficient (Wildman–Crippen LogP) is 5.57. The molecule has 0 N–H and O–H groups in total. The summed E-state index contributed by atoms with van der Waals surface area (Å²) < 4.78 is 2.06. The molecule has 2 rings (SSSR count). The van der Waals surface area contributed by atoms with Crippen molar-refractivity contribution in [3.05, 3.63) is 53.9 Å². The molecule has 1 aromatic heterocycles. The summed E-state index contributed by atoms with van der Waals surface area (Å²) in [7, 11) is 0. The minimum atomic E-state index is 0.223. The van der Waals surface area contributed by atoms with Crippen LogP contribution in [0, 0.1) is 0 Å². The molecule has 22 heavy (non-hydrogen) atoms. The normalized spacial score (nSPS) is 11.8. The lowest BCUT2D eigenvalue weighted by Gasteiger charge is -2.23. The smallest absolute Gasteiger partial charge is 0.0659 e. The maximum atomic E-state index is 4.55. The molecule has 0 aliphatic rings. The molecule has 0 spiro atoms. The molecule has 0 aliphatic carbocycles. The number of unbranched alkanes of at least 4 members (excludes halogenated alkanes) is 4. The summed E-state index contributed by atoms with van der Waals surface area (Å²) in [5, 5.41) is 4.55. The van der Waals surface area contributed by atoms with Crippen LogP contribution < -0.4 is 0 Å². The molecule has 120 valence electrons. The van der Waals surface area contributed by atoms with Crippen LogP contribution in [0.3, 0.4) is 0 Å². The highest BCUT2D eigenvalue weighted by atomic mass is 15.3. The number of rotatable bonds is 9. The summed E-state index contributed by atoms with van der Waals surface area (Å²) >= 11 is 0. The second-order valence-electron chi connectivity index (χ2n) is 6.96. The Balaban J connectivity index is 1.89. The maximum Gasteiger partial charge on any atom is 0.0659 e. The quantitative estimate of drug-likeness (QED) is 0.553. The minimum absolute atomic E-state index is 0.223. The molecular formula is C20H30N2. The highest BCUT2D eigenvalue weighted by Gasteiger charge is 2.21. The molecule has 2 heteroatoms. The van der Waals surface area contributed by atoms with Crippen molar-refractivity contribution in [1.29, 1.82) is 0 Å². The molecule has 0 amide bonds. The van der Waals surface area contributed by atoms with Crippen LogP contribution in [-0.4, -0.2) is 9.78 Å². The van der Waals surface area contributed by atoms with Crippen molar-refractivity contribution in [2.45, 2.75) is 71.3 Å². The molecule has 0 saturated carbocycles. The van der Waals surface area contributed by atoms with Gasteiger partial charge in [0.25, 0.3) is 0 Å². The van der Waals surface area contributed by atoms with Crippen LogP contribution in [0.1, 0.15) is 70.4 Å². The number of nitrogens with zero attached hydrogens (tertiary/aromatic N) is 2. The van der Waals surface area contributed by atoms with Crippen LogP contribution in [-0.2, 0) is 12.0 Å². The van der Waals surface area contributed by atoms with Gasteiger partial charge in [-0.15, -0.1) is 0 Å². The first-order chi connectivity index (χ1) is 10.6. The lowest BCUT2D eigenvalue weighted by molar-refractivity contribution is 0.443. The topological polar surface area (TPSA) is 17.8 Å². The Labute approximate surface area is 135 Å². The van der Waals surface area contributed by atoms with Gasteiger partial charge in [0.1, 0.15) is 0 Å². The number of aromatic nitrogens is 2. The molecule has 0 fully saturated rings. The lowest BCUT2D eigenvalue weighted by atomic mass is 9.81. The van der Waals surface area contributed by atoms with Crippen LogP contribution >= 0.6 is 0 Å². The largest absolute Gasteiger partial charge is 0.268 e. The van der Waals surface area contributed by atoms with E-state index in [0.717, 1.165) is 6.54 Å². The molecular weight excluding hydrogens is 268 g/mol. The fourth-order valence-electron chi connectivity index (χ4n) is 2.88. The predicted molar refractivity (Wildman–Crippen MR) is 94.2 cm³/mol. The zero-order valence-corrected chi connectivity index (χ0v) is 14.4. The summed E-state index contributed by atoms with van der Waals surface area (Å²) in [6, 6.07) is 10.5. The Morgan fingerprint density at radius 2 is 1.73 bits per heavy atom. The molecule has 1 aromatic carbocycles. The fraction of sp³-hybridized carbons (Fsp3) is 0.550. The van der Waals surface area contributed by atoms with Crippen molar-refractivity contribution in [2.24, 2.45) is 0 Å². The maximum absolute atomic E-state index is 4.55. The highest BCUT2D eigenvalue weighted by molar-refractivity contribution is 5.19. The lowest BCUT2D eigenvalue weighted by Crippen LogP contribution is -2.16. The Morgan fingerprint density at radius 3 is 2.45 bits per heavy atom. The average molecular weight is 298 g/mol. The number of hydrogen-bond acceptors (Lipinski definition) is 1. The van der Waals surface area contributed by atoms with E-state index in [1.54, 1.807) is 0 Å². The van der Waals surface area contributed by atoms with Crippen molar-refractivity contribution in [3.63, 3.8) is 0 Å². The second kappa shape index (κ2) is 8.17. The third kappa shape index (κ3) is 5.01. The first kappa shape index (κ1) is 16.8. The summed E-state index contributed by atoms with van der Waals surface area (Å²) in [5.41, 5.74) is 2.88. The Hall–Kier alpha value is -1.57. The first-order valence-electron chi connectivity index (χ1n) is 8.68. The van der Waals surface area contributed by atoms with Gasteiger partial charge >= 0.3 is 0 Å². The van der Waals surface area contributed by atoms with Crippen molar-refractivity contribution in [3.8, 4) is 0 Å². The van der Waals surface area contributed by atoms with E-state index in [2.05, 4.69) is 73.3 Å². The molecule has 1 heterocycles. The number of hydrogen-bond donors (Lipinski definition) is 0. The van der Waals surface area contributed by atoms with E-state index in [1.165, 1.54) is 49.7 Å². The summed E-state index contributed by atoms with van der Waals surface area (Å²) in [6.07, 6.45) is 12.2. The molecule has 2 aromatic rings. The third-order valence-corrected chi connectivity index (χ3v) is 4.51. The Morgan fingerprint density at radius 1 is 1.00 bits per heavy atom. The van der Waals surface area contributed by atoms with Crippen molar-refractivity contribution >= 4 is 0 Å². The second-order valence-corrected chi connectivity index (χ2v) is 6.96. The van der Waals surface area contributed by atoms with Crippen LogP contribution in [0.15, 0.2) is 42.7 Å². The number of benzene rings is 1.